The zero-order valence-electron chi connectivity index (χ0n) is 14.5. The molecule has 27 heavy (non-hydrogen) atoms. The van der Waals surface area contributed by atoms with Crippen molar-refractivity contribution in [3.05, 3.63) is 52.3 Å². The number of nitrogens with one attached hydrogen (secondary N) is 1. The van der Waals surface area contributed by atoms with E-state index in [1.54, 1.807) is 26.2 Å². The van der Waals surface area contributed by atoms with E-state index in [0.717, 1.165) is 12.1 Å². The molecule has 146 valence electrons. The first-order valence-electron chi connectivity index (χ1n) is 7.70. The highest BCUT2D eigenvalue weighted by Gasteiger charge is 2.21. The molecule has 10 heteroatoms. The molecule has 0 bridgehead atoms. The fourth-order valence-electron chi connectivity index (χ4n) is 2.07. The Labute approximate surface area is 171 Å². The Kier molecular flexibility index (Phi) is 7.39. The van der Waals surface area contributed by atoms with Gasteiger partial charge in [0.05, 0.1) is 5.69 Å². The molecule has 0 aromatic heterocycles. The number of anilines is 1. The largest absolute Gasteiger partial charge is 0.349 e. The summed E-state index contributed by atoms with van der Waals surface area (Å²) in [6.45, 7) is 0. The Morgan fingerprint density at radius 3 is 2.41 bits per heavy atom. The first kappa shape index (κ1) is 21.8. The molecule has 0 saturated carbocycles. The van der Waals surface area contributed by atoms with Gasteiger partial charge in [0.1, 0.15) is 10.7 Å². The normalized spacial score (nSPS) is 11.3. The van der Waals surface area contributed by atoms with Gasteiger partial charge in [-0.05, 0) is 36.4 Å². The molecule has 1 amide bonds. The van der Waals surface area contributed by atoms with Gasteiger partial charge in [-0.3, -0.25) is 9.52 Å². The van der Waals surface area contributed by atoms with Crippen molar-refractivity contribution in [3.8, 4) is 0 Å². The fraction of sp³-hybridized carbons (Fsp3) is 0.235. The molecular weight excluding hydrogens is 434 g/mol. The maximum atomic E-state index is 14.0. The summed E-state index contributed by atoms with van der Waals surface area (Å²) >= 11 is 12.9. The third-order valence-electron chi connectivity index (χ3n) is 3.44. The van der Waals surface area contributed by atoms with E-state index < -0.39 is 20.7 Å². The summed E-state index contributed by atoms with van der Waals surface area (Å²) in [4.78, 5) is 13.2. The van der Waals surface area contributed by atoms with Crippen LogP contribution in [0, 0.1) is 5.82 Å². The fourth-order valence-corrected chi connectivity index (χ4v) is 4.53. The van der Waals surface area contributed by atoms with Crippen molar-refractivity contribution < 1.29 is 17.6 Å². The van der Waals surface area contributed by atoms with E-state index in [4.69, 9.17) is 23.2 Å². The summed E-state index contributed by atoms with van der Waals surface area (Å²) < 4.78 is 41.5. The number of hydrogen-bond acceptors (Lipinski definition) is 4. The second-order valence-electron chi connectivity index (χ2n) is 5.71. The van der Waals surface area contributed by atoms with Crippen LogP contribution in [0.3, 0.4) is 0 Å². The van der Waals surface area contributed by atoms with Crippen molar-refractivity contribution in [2.24, 2.45) is 0 Å². The molecule has 0 spiro atoms. The van der Waals surface area contributed by atoms with Crippen LogP contribution >= 0.6 is 35.0 Å². The molecule has 0 radical (unpaired) electrons. The van der Waals surface area contributed by atoms with Gasteiger partial charge in [-0.25, -0.2) is 12.8 Å². The quantitative estimate of drug-likeness (QED) is 0.630. The predicted octanol–water partition coefficient (Wildman–Crippen LogP) is 4.50. The molecule has 0 fully saturated rings. The first-order chi connectivity index (χ1) is 12.6. The summed E-state index contributed by atoms with van der Waals surface area (Å²) in [5, 5.41) is 0.411. The minimum absolute atomic E-state index is 0.0400. The maximum absolute atomic E-state index is 14.0. The number of thioether (sulfide) groups is 1. The predicted molar refractivity (Wildman–Crippen MR) is 108 cm³/mol. The van der Waals surface area contributed by atoms with E-state index in [1.165, 1.54) is 28.8 Å². The second-order valence-corrected chi connectivity index (χ2v) is 9.37. The topological polar surface area (TPSA) is 66.5 Å². The average Bonchev–Trinajstić information content (AvgIpc) is 2.55. The summed E-state index contributed by atoms with van der Waals surface area (Å²) in [5.41, 5.74) is 0.208. The minimum atomic E-state index is -4.19. The van der Waals surface area contributed by atoms with Crippen LogP contribution in [0.25, 0.3) is 0 Å². The van der Waals surface area contributed by atoms with E-state index in [1.807, 2.05) is 0 Å². The maximum Gasteiger partial charge on any atom is 0.264 e. The van der Waals surface area contributed by atoms with Crippen LogP contribution in [0.5, 0.6) is 0 Å². The van der Waals surface area contributed by atoms with Gasteiger partial charge in [0.25, 0.3) is 10.0 Å². The molecule has 0 saturated heterocycles. The molecule has 0 aliphatic rings. The number of nitrogens with zero attached hydrogens (tertiary/aromatic N) is 1. The summed E-state index contributed by atoms with van der Waals surface area (Å²) in [6.07, 6.45) is 0.290. The number of sulfonamides is 1. The van der Waals surface area contributed by atoms with Crippen LogP contribution in [0.1, 0.15) is 6.42 Å². The van der Waals surface area contributed by atoms with Gasteiger partial charge in [0, 0.05) is 41.2 Å². The van der Waals surface area contributed by atoms with Gasteiger partial charge in [-0.15, -0.1) is 11.8 Å². The van der Waals surface area contributed by atoms with Crippen molar-refractivity contribution in [2.45, 2.75) is 16.2 Å². The third-order valence-corrected chi connectivity index (χ3v) is 6.39. The molecule has 2 rings (SSSR count). The standard InChI is InChI=1S/C17H17Cl2FN2O3S2/c1-22(2)17(23)7-8-26-15-5-3-12(19)10-14(15)21-27(24,25)16-6-4-11(18)9-13(16)20/h3-6,9-10,21H,7-8H2,1-2H3. The second kappa shape index (κ2) is 9.14. The highest BCUT2D eigenvalue weighted by molar-refractivity contribution is 7.99. The highest BCUT2D eigenvalue weighted by Crippen LogP contribution is 2.32. The molecule has 0 atom stereocenters. The van der Waals surface area contributed by atoms with Gasteiger partial charge >= 0.3 is 0 Å². The summed E-state index contributed by atoms with van der Waals surface area (Å²) in [6, 6.07) is 7.99. The number of amides is 1. The van der Waals surface area contributed by atoms with Crippen molar-refractivity contribution >= 4 is 56.6 Å². The smallest absolute Gasteiger partial charge is 0.264 e. The van der Waals surface area contributed by atoms with Gasteiger partial charge in [0.2, 0.25) is 5.91 Å². The van der Waals surface area contributed by atoms with Gasteiger partial charge in [-0.1, -0.05) is 23.2 Å². The number of rotatable bonds is 7. The lowest BCUT2D eigenvalue weighted by atomic mass is 10.3. The number of carbonyl (C=O) groups excluding carboxylic acids is 1. The Hall–Kier alpha value is -1.48. The molecule has 5 nitrogen and oxygen atoms in total. The van der Waals surface area contributed by atoms with Crippen LogP contribution in [0.4, 0.5) is 10.1 Å². The molecule has 0 heterocycles. The summed E-state index contributed by atoms with van der Waals surface area (Å²) in [5.74, 6) is -0.549. The van der Waals surface area contributed by atoms with Crippen LogP contribution < -0.4 is 4.72 Å². The molecule has 2 aromatic rings. The molecule has 0 unspecified atom stereocenters. The van der Waals surface area contributed by atoms with Crippen LogP contribution in [-0.2, 0) is 14.8 Å². The third kappa shape index (κ3) is 6.00. The Morgan fingerprint density at radius 2 is 1.78 bits per heavy atom. The number of halogens is 3. The van der Waals surface area contributed by atoms with Crippen LogP contribution in [0.2, 0.25) is 10.0 Å². The lowest BCUT2D eigenvalue weighted by Crippen LogP contribution is -2.21. The Morgan fingerprint density at radius 1 is 1.15 bits per heavy atom. The molecular formula is C17H17Cl2FN2O3S2. The number of hydrogen-bond donors (Lipinski definition) is 1. The zero-order chi connectivity index (χ0) is 20.2. The van der Waals surface area contributed by atoms with E-state index >= 15 is 0 Å². The number of benzene rings is 2. The molecule has 0 aliphatic heterocycles. The van der Waals surface area contributed by atoms with Crippen molar-refractivity contribution in [3.63, 3.8) is 0 Å². The summed E-state index contributed by atoms with van der Waals surface area (Å²) in [7, 11) is -0.861. The zero-order valence-corrected chi connectivity index (χ0v) is 17.6. The first-order valence-corrected chi connectivity index (χ1v) is 10.9. The minimum Gasteiger partial charge on any atom is -0.349 e. The average molecular weight is 451 g/mol. The van der Waals surface area contributed by atoms with Crippen molar-refractivity contribution in [1.82, 2.24) is 4.90 Å². The van der Waals surface area contributed by atoms with Gasteiger partial charge in [0.15, 0.2) is 0 Å². The van der Waals surface area contributed by atoms with E-state index in [9.17, 15) is 17.6 Å². The molecule has 0 aliphatic carbocycles. The monoisotopic (exact) mass is 450 g/mol. The van der Waals surface area contributed by atoms with E-state index in [-0.39, 0.29) is 23.0 Å². The van der Waals surface area contributed by atoms with Crippen LogP contribution in [-0.4, -0.2) is 39.1 Å². The lowest BCUT2D eigenvalue weighted by Gasteiger charge is -2.14. The SMILES string of the molecule is CN(C)C(=O)CCSc1ccc(Cl)cc1NS(=O)(=O)c1ccc(Cl)cc1F. The van der Waals surface area contributed by atoms with Gasteiger partial charge in [-0.2, -0.15) is 0 Å². The molecule has 1 N–H and O–H groups in total. The van der Waals surface area contributed by atoms with E-state index in [0.29, 0.717) is 15.7 Å². The Balaban J connectivity index is 2.24. The molecule has 2 aromatic carbocycles. The van der Waals surface area contributed by atoms with Gasteiger partial charge < -0.3 is 4.90 Å². The van der Waals surface area contributed by atoms with Crippen molar-refractivity contribution in [2.75, 3.05) is 24.6 Å². The van der Waals surface area contributed by atoms with Crippen LogP contribution in [0.15, 0.2) is 46.2 Å². The van der Waals surface area contributed by atoms with Crippen molar-refractivity contribution in [1.29, 1.82) is 0 Å². The Bertz CT molecular complexity index is 953. The van der Waals surface area contributed by atoms with E-state index in [2.05, 4.69) is 4.72 Å². The lowest BCUT2D eigenvalue weighted by molar-refractivity contribution is -0.128. The highest BCUT2D eigenvalue weighted by atomic mass is 35.5. The number of carbonyl (C=O) groups is 1.